The molecule has 26 heavy (non-hydrogen) atoms. The van der Waals surface area contributed by atoms with Crippen molar-refractivity contribution in [2.45, 2.75) is 60.3 Å². The first-order valence-corrected chi connectivity index (χ1v) is 9.58. The normalized spacial score (nSPS) is 12.8. The summed E-state index contributed by atoms with van der Waals surface area (Å²) in [7, 11) is 0. The zero-order valence-electron chi connectivity index (χ0n) is 16.6. The van der Waals surface area contributed by atoms with E-state index in [0.29, 0.717) is 23.9 Å². The molecule has 1 unspecified atom stereocenters. The van der Waals surface area contributed by atoms with E-state index in [-0.39, 0.29) is 11.3 Å². The van der Waals surface area contributed by atoms with Gasteiger partial charge in [0, 0.05) is 24.1 Å². The molecule has 0 saturated heterocycles. The van der Waals surface area contributed by atoms with Crippen molar-refractivity contribution in [2.24, 2.45) is 11.3 Å². The summed E-state index contributed by atoms with van der Waals surface area (Å²) < 4.78 is 5.32. The Balaban J connectivity index is 1.96. The summed E-state index contributed by atoms with van der Waals surface area (Å²) in [5.74, 6) is 1.60. The van der Waals surface area contributed by atoms with E-state index in [9.17, 15) is 4.79 Å². The number of nitrogens with zero attached hydrogens (tertiary/aromatic N) is 2. The van der Waals surface area contributed by atoms with E-state index in [0.717, 1.165) is 37.1 Å². The minimum absolute atomic E-state index is 0.0514. The Labute approximate surface area is 156 Å². The van der Waals surface area contributed by atoms with Crippen LogP contribution in [0.25, 0.3) is 11.5 Å². The number of benzene rings is 1. The van der Waals surface area contributed by atoms with Crippen LogP contribution in [-0.2, 0) is 6.42 Å². The lowest BCUT2D eigenvalue weighted by Crippen LogP contribution is -2.34. The van der Waals surface area contributed by atoms with Gasteiger partial charge in [-0.2, -0.15) is 4.98 Å². The highest BCUT2D eigenvalue weighted by atomic mass is 16.5. The molecule has 1 aromatic carbocycles. The maximum Gasteiger partial charge on any atom is 0.257 e. The molecular weight excluding hydrogens is 326 g/mol. The second kappa shape index (κ2) is 8.97. The van der Waals surface area contributed by atoms with Crippen LogP contribution in [0.1, 0.15) is 70.1 Å². The first kappa shape index (κ1) is 20.1. The SMILES string of the molecule is CCCCc1noc(-c2ccc(C(=O)NCC(C)C(C)(C)CC)cc2)n1. The molecule has 0 saturated carbocycles. The summed E-state index contributed by atoms with van der Waals surface area (Å²) in [6.45, 7) is 11.6. The number of amides is 1. The van der Waals surface area contributed by atoms with Crippen molar-refractivity contribution in [1.82, 2.24) is 15.5 Å². The topological polar surface area (TPSA) is 68.0 Å². The van der Waals surface area contributed by atoms with E-state index >= 15 is 0 Å². The van der Waals surface area contributed by atoms with Crippen LogP contribution in [0.3, 0.4) is 0 Å². The lowest BCUT2D eigenvalue weighted by atomic mass is 9.78. The fraction of sp³-hybridized carbons (Fsp3) is 0.571. The molecule has 5 nitrogen and oxygen atoms in total. The first-order valence-electron chi connectivity index (χ1n) is 9.58. The van der Waals surface area contributed by atoms with Crippen molar-refractivity contribution in [1.29, 1.82) is 0 Å². The average molecular weight is 357 g/mol. The number of hydrogen-bond donors (Lipinski definition) is 1. The Kier molecular flexibility index (Phi) is 6.95. The monoisotopic (exact) mass is 357 g/mol. The van der Waals surface area contributed by atoms with Crippen molar-refractivity contribution >= 4 is 5.91 Å². The van der Waals surface area contributed by atoms with Crippen molar-refractivity contribution in [2.75, 3.05) is 6.54 Å². The Morgan fingerprint density at radius 3 is 2.54 bits per heavy atom. The van der Waals surface area contributed by atoms with Gasteiger partial charge in [0.25, 0.3) is 11.8 Å². The van der Waals surface area contributed by atoms with Crippen LogP contribution in [0, 0.1) is 11.3 Å². The smallest absolute Gasteiger partial charge is 0.257 e. The van der Waals surface area contributed by atoms with E-state index in [1.807, 2.05) is 12.1 Å². The first-order chi connectivity index (χ1) is 12.4. The number of carbonyl (C=O) groups excluding carboxylic acids is 1. The summed E-state index contributed by atoms with van der Waals surface area (Å²) in [5.41, 5.74) is 1.68. The zero-order valence-corrected chi connectivity index (χ0v) is 16.6. The molecule has 5 heteroatoms. The van der Waals surface area contributed by atoms with E-state index in [1.54, 1.807) is 12.1 Å². The van der Waals surface area contributed by atoms with Crippen LogP contribution >= 0.6 is 0 Å². The molecular formula is C21H31N3O2. The van der Waals surface area contributed by atoms with Gasteiger partial charge in [-0.25, -0.2) is 0 Å². The minimum atomic E-state index is -0.0514. The van der Waals surface area contributed by atoms with Gasteiger partial charge < -0.3 is 9.84 Å². The Hall–Kier alpha value is -2.17. The molecule has 0 aliphatic rings. The predicted molar refractivity (Wildman–Crippen MR) is 104 cm³/mol. The second-order valence-electron chi connectivity index (χ2n) is 7.65. The fourth-order valence-electron chi connectivity index (χ4n) is 2.54. The van der Waals surface area contributed by atoms with E-state index in [4.69, 9.17) is 4.52 Å². The highest BCUT2D eigenvalue weighted by Gasteiger charge is 2.24. The Morgan fingerprint density at radius 2 is 1.92 bits per heavy atom. The van der Waals surface area contributed by atoms with Crippen molar-refractivity contribution in [3.63, 3.8) is 0 Å². The molecule has 1 atom stereocenters. The van der Waals surface area contributed by atoms with Crippen LogP contribution in [0.5, 0.6) is 0 Å². The number of carbonyl (C=O) groups is 1. The van der Waals surface area contributed by atoms with Gasteiger partial charge in [0.15, 0.2) is 5.82 Å². The number of nitrogens with one attached hydrogen (secondary N) is 1. The number of aryl methyl sites for hydroxylation is 1. The summed E-state index contributed by atoms with van der Waals surface area (Å²) in [6, 6.07) is 7.31. The van der Waals surface area contributed by atoms with Crippen LogP contribution in [0.4, 0.5) is 0 Å². The molecule has 1 aromatic heterocycles. The highest BCUT2D eigenvalue weighted by Crippen LogP contribution is 2.29. The molecule has 2 rings (SSSR count). The van der Waals surface area contributed by atoms with Gasteiger partial charge in [0.2, 0.25) is 0 Å². The third-order valence-corrected chi connectivity index (χ3v) is 5.43. The molecule has 0 aliphatic heterocycles. The maximum atomic E-state index is 12.4. The molecule has 0 fully saturated rings. The van der Waals surface area contributed by atoms with Gasteiger partial charge in [-0.05, 0) is 42.0 Å². The van der Waals surface area contributed by atoms with Gasteiger partial charge in [0.05, 0.1) is 0 Å². The number of aromatic nitrogens is 2. The average Bonchev–Trinajstić information content (AvgIpc) is 3.13. The van der Waals surface area contributed by atoms with Gasteiger partial charge in [-0.15, -0.1) is 0 Å². The number of hydrogen-bond acceptors (Lipinski definition) is 4. The summed E-state index contributed by atoms with van der Waals surface area (Å²) in [5, 5.41) is 7.04. The highest BCUT2D eigenvalue weighted by molar-refractivity contribution is 5.94. The standard InChI is InChI=1S/C21H31N3O2/c1-6-8-9-18-23-20(26-24-18)17-12-10-16(11-13-17)19(25)22-14-15(3)21(4,5)7-2/h10-13,15H,6-9,14H2,1-5H3,(H,22,25). The van der Waals surface area contributed by atoms with Gasteiger partial charge in [0.1, 0.15) is 0 Å². The van der Waals surface area contributed by atoms with E-state index in [2.05, 4.69) is 50.1 Å². The number of unbranched alkanes of at least 4 members (excludes halogenated alkanes) is 1. The Bertz CT molecular complexity index is 704. The maximum absolute atomic E-state index is 12.4. The van der Waals surface area contributed by atoms with Crippen LogP contribution in [-0.4, -0.2) is 22.6 Å². The molecule has 0 radical (unpaired) electrons. The summed E-state index contributed by atoms with van der Waals surface area (Å²) in [6.07, 6.45) is 4.06. The van der Waals surface area contributed by atoms with Crippen molar-refractivity contribution in [3.05, 3.63) is 35.7 Å². The molecule has 1 heterocycles. The lowest BCUT2D eigenvalue weighted by Gasteiger charge is -2.30. The number of rotatable bonds is 9. The van der Waals surface area contributed by atoms with Crippen LogP contribution < -0.4 is 5.32 Å². The molecule has 0 aliphatic carbocycles. The fourth-order valence-corrected chi connectivity index (χ4v) is 2.54. The molecule has 0 bridgehead atoms. The Morgan fingerprint density at radius 1 is 1.23 bits per heavy atom. The largest absolute Gasteiger partial charge is 0.352 e. The van der Waals surface area contributed by atoms with E-state index in [1.165, 1.54) is 0 Å². The second-order valence-corrected chi connectivity index (χ2v) is 7.65. The van der Waals surface area contributed by atoms with Crippen molar-refractivity contribution in [3.8, 4) is 11.5 Å². The predicted octanol–water partition coefficient (Wildman–Crippen LogP) is 4.88. The molecule has 1 N–H and O–H groups in total. The van der Waals surface area contributed by atoms with Gasteiger partial charge >= 0.3 is 0 Å². The van der Waals surface area contributed by atoms with E-state index < -0.39 is 0 Å². The third kappa shape index (κ3) is 5.16. The third-order valence-electron chi connectivity index (χ3n) is 5.43. The minimum Gasteiger partial charge on any atom is -0.352 e. The molecule has 0 spiro atoms. The van der Waals surface area contributed by atoms with Crippen LogP contribution in [0.15, 0.2) is 28.8 Å². The summed E-state index contributed by atoms with van der Waals surface area (Å²) >= 11 is 0. The molecule has 142 valence electrons. The molecule has 1 amide bonds. The van der Waals surface area contributed by atoms with Crippen LogP contribution in [0.2, 0.25) is 0 Å². The quantitative estimate of drug-likeness (QED) is 0.694. The summed E-state index contributed by atoms with van der Waals surface area (Å²) in [4.78, 5) is 16.8. The van der Waals surface area contributed by atoms with Gasteiger partial charge in [-0.1, -0.05) is 52.6 Å². The molecule has 2 aromatic rings. The zero-order chi connectivity index (χ0) is 19.2. The lowest BCUT2D eigenvalue weighted by molar-refractivity contribution is 0.0932. The van der Waals surface area contributed by atoms with Gasteiger partial charge in [-0.3, -0.25) is 4.79 Å². The van der Waals surface area contributed by atoms with Crippen molar-refractivity contribution < 1.29 is 9.32 Å².